The van der Waals surface area contributed by atoms with Crippen LogP contribution >= 0.6 is 0 Å². The molecule has 3 rings (SSSR count). The van der Waals surface area contributed by atoms with Crippen LogP contribution in [0.25, 0.3) is 0 Å². The molecule has 1 heterocycles. The molecule has 25 heavy (non-hydrogen) atoms. The highest BCUT2D eigenvalue weighted by Crippen LogP contribution is 2.21. The van der Waals surface area contributed by atoms with Gasteiger partial charge in [0.05, 0.1) is 6.54 Å². The van der Waals surface area contributed by atoms with E-state index in [1.165, 1.54) is 16.8 Å². The number of para-hydroxylation sites is 1. The summed E-state index contributed by atoms with van der Waals surface area (Å²) < 4.78 is 0. The maximum Gasteiger partial charge on any atom is 0.238 e. The highest BCUT2D eigenvalue weighted by atomic mass is 16.2. The van der Waals surface area contributed by atoms with Gasteiger partial charge < -0.3 is 10.2 Å². The average molecular weight is 337 g/mol. The molecule has 4 nitrogen and oxygen atoms in total. The predicted octanol–water partition coefficient (Wildman–Crippen LogP) is 3.37. The number of hydrogen-bond donors (Lipinski definition) is 1. The van der Waals surface area contributed by atoms with Gasteiger partial charge in [-0.15, -0.1) is 0 Å². The van der Waals surface area contributed by atoms with E-state index < -0.39 is 0 Å². The zero-order valence-corrected chi connectivity index (χ0v) is 15.4. The molecule has 1 amide bonds. The van der Waals surface area contributed by atoms with Gasteiger partial charge in [0.15, 0.2) is 0 Å². The fraction of sp³-hybridized carbons (Fsp3) is 0.381. The molecule has 1 fully saturated rings. The Balaban J connectivity index is 1.53. The molecule has 0 saturated carbocycles. The van der Waals surface area contributed by atoms with E-state index in [1.807, 2.05) is 19.1 Å². The van der Waals surface area contributed by atoms with Gasteiger partial charge >= 0.3 is 0 Å². The van der Waals surface area contributed by atoms with E-state index in [9.17, 15) is 4.79 Å². The second-order valence-electron chi connectivity index (χ2n) is 6.85. The zero-order chi connectivity index (χ0) is 17.8. The van der Waals surface area contributed by atoms with Crippen LogP contribution in [0.15, 0.2) is 42.5 Å². The van der Waals surface area contributed by atoms with Crippen LogP contribution in [-0.2, 0) is 4.79 Å². The first-order chi connectivity index (χ1) is 12.0. The molecule has 1 saturated heterocycles. The monoisotopic (exact) mass is 337 g/mol. The van der Waals surface area contributed by atoms with E-state index >= 15 is 0 Å². The van der Waals surface area contributed by atoms with Crippen LogP contribution in [0, 0.1) is 20.8 Å². The molecule has 4 heteroatoms. The summed E-state index contributed by atoms with van der Waals surface area (Å²) >= 11 is 0. The third kappa shape index (κ3) is 4.20. The number of anilines is 2. The largest absolute Gasteiger partial charge is 0.369 e. The lowest BCUT2D eigenvalue weighted by atomic mass is 10.1. The molecule has 132 valence electrons. The number of rotatable bonds is 4. The molecule has 2 aromatic carbocycles. The lowest BCUT2D eigenvalue weighted by molar-refractivity contribution is -0.117. The summed E-state index contributed by atoms with van der Waals surface area (Å²) in [4.78, 5) is 17.0. The highest BCUT2D eigenvalue weighted by Gasteiger charge is 2.20. The number of carbonyl (C=O) groups is 1. The molecule has 0 unspecified atom stereocenters. The normalized spacial score (nSPS) is 15.2. The molecule has 0 atom stereocenters. The lowest BCUT2D eigenvalue weighted by Gasteiger charge is -2.36. The molecule has 0 bridgehead atoms. The van der Waals surface area contributed by atoms with Gasteiger partial charge in [-0.2, -0.15) is 0 Å². The number of nitrogens with zero attached hydrogens (tertiary/aromatic N) is 2. The van der Waals surface area contributed by atoms with Crippen LogP contribution in [-0.4, -0.2) is 43.5 Å². The van der Waals surface area contributed by atoms with E-state index in [-0.39, 0.29) is 5.91 Å². The third-order valence-electron chi connectivity index (χ3n) is 5.07. The molecule has 0 aliphatic carbocycles. The minimum absolute atomic E-state index is 0.0676. The number of piperazine rings is 1. The summed E-state index contributed by atoms with van der Waals surface area (Å²) in [5, 5.41) is 3.06. The Bertz CT molecular complexity index is 749. The molecule has 2 aromatic rings. The van der Waals surface area contributed by atoms with Gasteiger partial charge in [-0.05, 0) is 49.6 Å². The van der Waals surface area contributed by atoms with Gasteiger partial charge in [-0.3, -0.25) is 9.69 Å². The molecule has 0 spiro atoms. The number of benzene rings is 2. The first-order valence-electron chi connectivity index (χ1n) is 8.93. The lowest BCUT2D eigenvalue weighted by Crippen LogP contribution is -2.48. The van der Waals surface area contributed by atoms with Crippen LogP contribution in [0.3, 0.4) is 0 Å². The molecule has 0 aromatic heterocycles. The standard InChI is InChI=1S/C21H27N3O/c1-16-8-6-9-19(18(16)3)22-21(25)15-23-11-13-24(14-12-23)20-10-5-4-7-17(20)2/h4-10H,11-15H2,1-3H3,(H,22,25). The molecule has 0 radical (unpaired) electrons. The SMILES string of the molecule is Cc1ccccc1N1CCN(CC(=O)Nc2cccc(C)c2C)CC1. The Morgan fingerprint density at radius 2 is 1.60 bits per heavy atom. The topological polar surface area (TPSA) is 35.6 Å². The quantitative estimate of drug-likeness (QED) is 0.929. The zero-order valence-electron chi connectivity index (χ0n) is 15.4. The van der Waals surface area contributed by atoms with Crippen molar-refractivity contribution >= 4 is 17.3 Å². The van der Waals surface area contributed by atoms with Gasteiger partial charge in [0.1, 0.15) is 0 Å². The molecular weight excluding hydrogens is 310 g/mol. The van der Waals surface area contributed by atoms with Crippen LogP contribution in [0.4, 0.5) is 11.4 Å². The number of carbonyl (C=O) groups excluding carboxylic acids is 1. The summed E-state index contributed by atoms with van der Waals surface area (Å²) in [5.74, 6) is 0.0676. The van der Waals surface area contributed by atoms with Crippen molar-refractivity contribution in [2.45, 2.75) is 20.8 Å². The van der Waals surface area contributed by atoms with Gasteiger partial charge in [-0.25, -0.2) is 0 Å². The van der Waals surface area contributed by atoms with Gasteiger partial charge in [0, 0.05) is 37.6 Å². The van der Waals surface area contributed by atoms with Crippen molar-refractivity contribution in [1.82, 2.24) is 4.90 Å². The van der Waals surface area contributed by atoms with Gasteiger partial charge in [0.2, 0.25) is 5.91 Å². The molecule has 1 aliphatic heterocycles. The van der Waals surface area contributed by atoms with Gasteiger partial charge in [0.25, 0.3) is 0 Å². The van der Waals surface area contributed by atoms with Crippen molar-refractivity contribution in [1.29, 1.82) is 0 Å². The molecular formula is C21H27N3O. The summed E-state index contributed by atoms with van der Waals surface area (Å²) in [7, 11) is 0. The Morgan fingerprint density at radius 1 is 0.920 bits per heavy atom. The minimum Gasteiger partial charge on any atom is -0.369 e. The Kier molecular flexibility index (Phi) is 5.39. The van der Waals surface area contributed by atoms with Crippen molar-refractivity contribution in [3.8, 4) is 0 Å². The first kappa shape index (κ1) is 17.5. The maximum atomic E-state index is 12.4. The van der Waals surface area contributed by atoms with Crippen molar-refractivity contribution < 1.29 is 4.79 Å². The second kappa shape index (κ2) is 7.70. The summed E-state index contributed by atoms with van der Waals surface area (Å²) in [5.41, 5.74) is 5.87. The van der Waals surface area contributed by atoms with Crippen molar-refractivity contribution in [3.05, 3.63) is 59.2 Å². The fourth-order valence-electron chi connectivity index (χ4n) is 3.34. The van der Waals surface area contributed by atoms with Crippen molar-refractivity contribution in [2.24, 2.45) is 0 Å². The third-order valence-corrected chi connectivity index (χ3v) is 5.07. The number of hydrogen-bond acceptors (Lipinski definition) is 3. The Labute approximate surface area is 150 Å². The first-order valence-corrected chi connectivity index (χ1v) is 8.93. The van der Waals surface area contributed by atoms with E-state index in [1.54, 1.807) is 0 Å². The van der Waals surface area contributed by atoms with Crippen LogP contribution in [0.2, 0.25) is 0 Å². The molecule has 1 aliphatic rings. The number of amides is 1. The van der Waals surface area contributed by atoms with Crippen molar-refractivity contribution in [3.63, 3.8) is 0 Å². The number of aryl methyl sites for hydroxylation is 2. The van der Waals surface area contributed by atoms with Crippen LogP contribution < -0.4 is 10.2 Å². The highest BCUT2D eigenvalue weighted by molar-refractivity contribution is 5.93. The summed E-state index contributed by atoms with van der Waals surface area (Å²) in [6, 6.07) is 14.5. The molecule has 1 N–H and O–H groups in total. The van der Waals surface area contributed by atoms with E-state index in [4.69, 9.17) is 0 Å². The second-order valence-corrected chi connectivity index (χ2v) is 6.85. The van der Waals surface area contributed by atoms with Crippen molar-refractivity contribution in [2.75, 3.05) is 42.9 Å². The Hall–Kier alpha value is -2.33. The maximum absolute atomic E-state index is 12.4. The summed E-state index contributed by atoms with van der Waals surface area (Å²) in [6.45, 7) is 10.5. The predicted molar refractivity (Wildman–Crippen MR) is 104 cm³/mol. The Morgan fingerprint density at radius 3 is 2.32 bits per heavy atom. The number of nitrogens with one attached hydrogen (secondary N) is 1. The van der Waals surface area contributed by atoms with Crippen LogP contribution in [0.1, 0.15) is 16.7 Å². The van der Waals surface area contributed by atoms with Crippen LogP contribution in [0.5, 0.6) is 0 Å². The van der Waals surface area contributed by atoms with E-state index in [0.29, 0.717) is 6.54 Å². The minimum atomic E-state index is 0.0676. The average Bonchev–Trinajstić information content (AvgIpc) is 2.60. The fourth-order valence-corrected chi connectivity index (χ4v) is 3.34. The van der Waals surface area contributed by atoms with E-state index in [0.717, 1.165) is 37.4 Å². The summed E-state index contributed by atoms with van der Waals surface area (Å²) in [6.07, 6.45) is 0. The van der Waals surface area contributed by atoms with E-state index in [2.05, 4.69) is 59.3 Å². The smallest absolute Gasteiger partial charge is 0.238 e. The van der Waals surface area contributed by atoms with Gasteiger partial charge in [-0.1, -0.05) is 30.3 Å².